The number of amides is 1. The topological polar surface area (TPSA) is 46.6 Å². The van der Waals surface area contributed by atoms with Gasteiger partial charge >= 0.3 is 6.09 Å². The maximum Gasteiger partial charge on any atom is 0.415 e. The van der Waals surface area contributed by atoms with Crippen molar-refractivity contribution in [3.8, 4) is 0 Å². The van der Waals surface area contributed by atoms with Crippen LogP contribution in [0, 0.1) is 0 Å². The van der Waals surface area contributed by atoms with Gasteiger partial charge in [0.05, 0.1) is 12.3 Å². The molecule has 2 bridgehead atoms. The first-order chi connectivity index (χ1) is 7.24. The predicted molar refractivity (Wildman–Crippen MR) is 54.2 cm³/mol. The molecule has 2 atom stereocenters. The molecule has 0 aromatic heterocycles. The summed E-state index contributed by atoms with van der Waals surface area (Å²) in [5.74, 6) is 0.177. The highest BCUT2D eigenvalue weighted by Crippen LogP contribution is 2.32. The standard InChI is InChI=1S/C11H15NO3/c1-2-15-11(14)12-8-4-3-5-10(13)9(12)7-6-8/h2,8-9H,1,3-7H2. The van der Waals surface area contributed by atoms with Crippen molar-refractivity contribution in [1.29, 1.82) is 0 Å². The van der Waals surface area contributed by atoms with Crippen molar-refractivity contribution in [2.45, 2.75) is 44.2 Å². The van der Waals surface area contributed by atoms with Gasteiger partial charge in [-0.15, -0.1) is 0 Å². The Morgan fingerprint density at radius 2 is 2.27 bits per heavy atom. The van der Waals surface area contributed by atoms with Crippen molar-refractivity contribution >= 4 is 11.9 Å². The smallest absolute Gasteiger partial charge is 0.415 e. The SMILES string of the molecule is C=COC(=O)N1C2CCCC(=O)C1CC2. The van der Waals surface area contributed by atoms with Crippen LogP contribution in [0.2, 0.25) is 0 Å². The third-order valence-electron chi connectivity index (χ3n) is 3.23. The van der Waals surface area contributed by atoms with Crippen molar-refractivity contribution in [1.82, 2.24) is 4.90 Å². The molecule has 0 aromatic rings. The number of hydrogen-bond acceptors (Lipinski definition) is 3. The highest BCUT2D eigenvalue weighted by molar-refractivity contribution is 5.88. The van der Waals surface area contributed by atoms with Gasteiger partial charge in [-0.25, -0.2) is 4.79 Å². The van der Waals surface area contributed by atoms with E-state index in [1.807, 2.05) is 0 Å². The number of ketones is 1. The fourth-order valence-electron chi connectivity index (χ4n) is 2.57. The Morgan fingerprint density at radius 3 is 3.00 bits per heavy atom. The molecule has 82 valence electrons. The number of rotatable bonds is 1. The van der Waals surface area contributed by atoms with Crippen molar-refractivity contribution < 1.29 is 14.3 Å². The predicted octanol–water partition coefficient (Wildman–Crippen LogP) is 1.85. The molecular formula is C11H15NO3. The van der Waals surface area contributed by atoms with Gasteiger partial charge < -0.3 is 4.74 Å². The Balaban J connectivity index is 2.18. The van der Waals surface area contributed by atoms with E-state index in [-0.39, 0.29) is 17.9 Å². The maximum atomic E-state index is 11.7. The maximum absolute atomic E-state index is 11.7. The minimum atomic E-state index is -0.423. The summed E-state index contributed by atoms with van der Waals surface area (Å²) < 4.78 is 4.76. The largest absolute Gasteiger partial charge is 0.419 e. The average Bonchev–Trinajstić information content (AvgIpc) is 2.53. The summed E-state index contributed by atoms with van der Waals surface area (Å²) in [4.78, 5) is 25.0. The van der Waals surface area contributed by atoms with E-state index in [9.17, 15) is 9.59 Å². The lowest BCUT2D eigenvalue weighted by Crippen LogP contribution is -2.43. The molecule has 15 heavy (non-hydrogen) atoms. The van der Waals surface area contributed by atoms with Crippen molar-refractivity contribution in [3.05, 3.63) is 12.8 Å². The van der Waals surface area contributed by atoms with E-state index in [1.54, 1.807) is 4.90 Å². The summed E-state index contributed by atoms with van der Waals surface area (Å²) in [7, 11) is 0. The third kappa shape index (κ3) is 1.76. The molecule has 2 fully saturated rings. The average molecular weight is 209 g/mol. The third-order valence-corrected chi connectivity index (χ3v) is 3.23. The van der Waals surface area contributed by atoms with E-state index >= 15 is 0 Å². The lowest BCUT2D eigenvalue weighted by atomic mass is 10.0. The Labute approximate surface area is 88.9 Å². The van der Waals surface area contributed by atoms with Crippen LogP contribution in [0.15, 0.2) is 12.8 Å². The number of carbonyl (C=O) groups is 2. The van der Waals surface area contributed by atoms with Crippen LogP contribution in [-0.2, 0) is 9.53 Å². The summed E-state index contributed by atoms with van der Waals surface area (Å²) in [6, 6.07) is -0.0566. The lowest BCUT2D eigenvalue weighted by Gasteiger charge is -2.25. The van der Waals surface area contributed by atoms with E-state index in [0.717, 1.165) is 31.9 Å². The van der Waals surface area contributed by atoms with Crippen LogP contribution < -0.4 is 0 Å². The molecule has 0 radical (unpaired) electrons. The Morgan fingerprint density at radius 1 is 1.47 bits per heavy atom. The van der Waals surface area contributed by atoms with Gasteiger partial charge in [-0.1, -0.05) is 6.58 Å². The van der Waals surface area contributed by atoms with Crippen LogP contribution in [0.5, 0.6) is 0 Å². The van der Waals surface area contributed by atoms with Gasteiger partial charge in [-0.2, -0.15) is 0 Å². The van der Waals surface area contributed by atoms with Crippen LogP contribution >= 0.6 is 0 Å². The number of ether oxygens (including phenoxy) is 1. The summed E-state index contributed by atoms with van der Waals surface area (Å²) in [6.45, 7) is 3.35. The van der Waals surface area contributed by atoms with Crippen molar-refractivity contribution in [3.63, 3.8) is 0 Å². The van der Waals surface area contributed by atoms with Gasteiger partial charge in [-0.05, 0) is 25.7 Å². The molecule has 1 amide bonds. The molecule has 4 heteroatoms. The van der Waals surface area contributed by atoms with Crippen LogP contribution in [0.25, 0.3) is 0 Å². The molecule has 2 rings (SSSR count). The van der Waals surface area contributed by atoms with E-state index in [0.29, 0.717) is 6.42 Å². The number of fused-ring (bicyclic) bond motifs is 2. The first-order valence-electron chi connectivity index (χ1n) is 5.36. The molecule has 2 saturated heterocycles. The first kappa shape index (κ1) is 10.2. The van der Waals surface area contributed by atoms with Gasteiger partial charge in [0.2, 0.25) is 0 Å². The molecule has 0 spiro atoms. The van der Waals surface area contributed by atoms with Gasteiger partial charge in [0.25, 0.3) is 0 Å². The minimum absolute atomic E-state index is 0.177. The number of carbonyl (C=O) groups excluding carboxylic acids is 2. The monoisotopic (exact) mass is 209 g/mol. The van der Waals surface area contributed by atoms with E-state index < -0.39 is 6.09 Å². The van der Waals surface area contributed by atoms with Crippen LogP contribution in [0.1, 0.15) is 32.1 Å². The molecular weight excluding hydrogens is 194 g/mol. The second-order valence-corrected chi connectivity index (χ2v) is 4.06. The summed E-state index contributed by atoms with van der Waals surface area (Å²) in [5.41, 5.74) is 0. The minimum Gasteiger partial charge on any atom is -0.419 e. The lowest BCUT2D eigenvalue weighted by molar-refractivity contribution is -0.122. The molecule has 2 unspecified atom stereocenters. The number of hydrogen-bond donors (Lipinski definition) is 0. The van der Waals surface area contributed by atoms with E-state index in [2.05, 4.69) is 6.58 Å². The second kappa shape index (κ2) is 4.04. The van der Waals surface area contributed by atoms with Crippen LogP contribution in [0.3, 0.4) is 0 Å². The molecule has 0 saturated carbocycles. The van der Waals surface area contributed by atoms with E-state index in [1.165, 1.54) is 0 Å². The number of nitrogens with zero attached hydrogens (tertiary/aromatic N) is 1. The zero-order valence-electron chi connectivity index (χ0n) is 8.65. The van der Waals surface area contributed by atoms with Crippen LogP contribution in [0.4, 0.5) is 4.79 Å². The zero-order chi connectivity index (χ0) is 10.8. The Bertz CT molecular complexity index is 300. The highest BCUT2D eigenvalue weighted by atomic mass is 16.5. The summed E-state index contributed by atoms with van der Waals surface area (Å²) >= 11 is 0. The van der Waals surface area contributed by atoms with Crippen molar-refractivity contribution in [2.75, 3.05) is 0 Å². The fourth-order valence-corrected chi connectivity index (χ4v) is 2.57. The zero-order valence-corrected chi connectivity index (χ0v) is 8.65. The van der Waals surface area contributed by atoms with Crippen LogP contribution in [-0.4, -0.2) is 28.9 Å². The molecule has 2 aliphatic rings. The quantitative estimate of drug-likeness (QED) is 0.619. The molecule has 0 N–H and O–H groups in total. The van der Waals surface area contributed by atoms with E-state index in [4.69, 9.17) is 4.74 Å². The fraction of sp³-hybridized carbons (Fsp3) is 0.636. The van der Waals surface area contributed by atoms with Gasteiger partial charge in [-0.3, -0.25) is 9.69 Å². The Hall–Kier alpha value is -1.32. The van der Waals surface area contributed by atoms with Gasteiger partial charge in [0.15, 0.2) is 5.78 Å². The summed E-state index contributed by atoms with van der Waals surface area (Å²) in [6.07, 6.45) is 4.80. The first-order valence-corrected chi connectivity index (χ1v) is 5.36. The summed E-state index contributed by atoms with van der Waals surface area (Å²) in [5, 5.41) is 0. The van der Waals surface area contributed by atoms with Crippen molar-refractivity contribution in [2.24, 2.45) is 0 Å². The second-order valence-electron chi connectivity index (χ2n) is 4.06. The Kier molecular flexibility index (Phi) is 2.75. The molecule has 2 heterocycles. The highest BCUT2D eigenvalue weighted by Gasteiger charge is 2.42. The molecule has 0 aromatic carbocycles. The van der Waals surface area contributed by atoms with Gasteiger partial charge in [0.1, 0.15) is 0 Å². The molecule has 4 nitrogen and oxygen atoms in total. The molecule has 2 aliphatic heterocycles. The molecule has 0 aliphatic carbocycles. The number of Topliss-reactive ketones (excluding diaryl/α,β-unsaturated/α-hetero) is 1. The normalized spacial score (nSPS) is 29.9. The van der Waals surface area contributed by atoms with Gasteiger partial charge in [0, 0.05) is 12.5 Å².